The predicted molar refractivity (Wildman–Crippen MR) is 56.4 cm³/mol. The molecule has 0 fully saturated rings. The summed E-state index contributed by atoms with van der Waals surface area (Å²) in [4.78, 5) is 12.9. The van der Waals surface area contributed by atoms with E-state index in [4.69, 9.17) is 0 Å². The third-order valence-electron chi connectivity index (χ3n) is 1.78. The van der Waals surface area contributed by atoms with Crippen LogP contribution in [0.3, 0.4) is 0 Å². The smallest absolute Gasteiger partial charge is 0.254 e. The van der Waals surface area contributed by atoms with E-state index in [2.05, 4.69) is 13.2 Å². The van der Waals surface area contributed by atoms with Gasteiger partial charge in [-0.05, 0) is 5.57 Å². The van der Waals surface area contributed by atoms with Crippen LogP contribution in [0.15, 0.2) is 36.5 Å². The maximum absolute atomic E-state index is 11.3. The van der Waals surface area contributed by atoms with Gasteiger partial charge in [-0.3, -0.25) is 4.79 Å². The van der Waals surface area contributed by atoms with Crippen LogP contribution in [0.4, 0.5) is 0 Å². The summed E-state index contributed by atoms with van der Waals surface area (Å²) in [6, 6.07) is 0. The zero-order valence-electron chi connectivity index (χ0n) is 8.63. The second kappa shape index (κ2) is 5.36. The number of hydrogen-bond donors (Lipinski definition) is 0. The topological polar surface area (TPSA) is 20.3 Å². The molecule has 0 aromatic carbocycles. The van der Waals surface area contributed by atoms with Gasteiger partial charge >= 0.3 is 0 Å². The van der Waals surface area contributed by atoms with E-state index in [0.29, 0.717) is 12.1 Å². The first-order chi connectivity index (χ1) is 6.20. The van der Waals surface area contributed by atoms with Crippen LogP contribution in [0, 0.1) is 0 Å². The van der Waals surface area contributed by atoms with E-state index in [1.54, 1.807) is 24.1 Å². The van der Waals surface area contributed by atoms with Crippen molar-refractivity contribution in [3.63, 3.8) is 0 Å². The van der Waals surface area contributed by atoms with E-state index >= 15 is 0 Å². The van der Waals surface area contributed by atoms with E-state index in [1.807, 2.05) is 13.8 Å². The predicted octanol–water partition coefficient (Wildman–Crippen LogP) is 2.15. The normalized spacial score (nSPS) is 15.3. The average Bonchev–Trinajstić information content (AvgIpc) is 2.46. The largest absolute Gasteiger partial charge is 0.337 e. The van der Waals surface area contributed by atoms with E-state index in [0.717, 1.165) is 5.57 Å². The minimum atomic E-state index is 0.0369. The van der Waals surface area contributed by atoms with Gasteiger partial charge in [-0.2, -0.15) is 0 Å². The van der Waals surface area contributed by atoms with Gasteiger partial charge in [0.2, 0.25) is 0 Å². The molecule has 1 aliphatic heterocycles. The summed E-state index contributed by atoms with van der Waals surface area (Å²) in [6.07, 6.45) is 3.29. The summed E-state index contributed by atoms with van der Waals surface area (Å²) < 4.78 is 0. The molecule has 1 aliphatic rings. The molecule has 0 saturated heterocycles. The van der Waals surface area contributed by atoms with Crippen LogP contribution >= 0.6 is 0 Å². The zero-order valence-corrected chi connectivity index (χ0v) is 8.63. The number of carbonyl (C=O) groups excluding carboxylic acids is 1. The molecule has 0 spiro atoms. The van der Waals surface area contributed by atoms with Crippen molar-refractivity contribution in [3.05, 3.63) is 36.5 Å². The van der Waals surface area contributed by atoms with Gasteiger partial charge in [0.05, 0.1) is 0 Å². The van der Waals surface area contributed by atoms with Crippen LogP contribution in [-0.4, -0.2) is 24.4 Å². The number of nitrogens with zero attached hydrogens (tertiary/aromatic N) is 1. The summed E-state index contributed by atoms with van der Waals surface area (Å²) in [5.41, 5.74) is 1.65. The van der Waals surface area contributed by atoms with Crippen LogP contribution in [-0.2, 0) is 4.79 Å². The fraction of sp³-hybridized carbons (Fsp3) is 0.364. The van der Waals surface area contributed by atoms with Crippen LogP contribution in [0.2, 0.25) is 0 Å². The average molecular weight is 179 g/mol. The van der Waals surface area contributed by atoms with E-state index in [9.17, 15) is 4.79 Å². The Morgan fingerprint density at radius 2 is 1.85 bits per heavy atom. The van der Waals surface area contributed by atoms with Gasteiger partial charge in [-0.25, -0.2) is 0 Å². The summed E-state index contributed by atoms with van der Waals surface area (Å²) in [5.74, 6) is 0.0369. The number of likely N-dealkylation sites (N-methyl/N-ethyl adjacent to an activating group) is 1. The molecule has 0 atom stereocenters. The van der Waals surface area contributed by atoms with Crippen molar-refractivity contribution in [2.45, 2.75) is 13.8 Å². The number of hydrogen-bond acceptors (Lipinski definition) is 1. The number of carbonyl (C=O) groups is 1. The molecule has 1 rings (SSSR count). The fourth-order valence-electron chi connectivity index (χ4n) is 1.15. The van der Waals surface area contributed by atoms with Crippen molar-refractivity contribution >= 4 is 5.91 Å². The Kier molecular flexibility index (Phi) is 4.82. The fourth-order valence-corrected chi connectivity index (χ4v) is 1.15. The van der Waals surface area contributed by atoms with Crippen molar-refractivity contribution in [1.29, 1.82) is 0 Å². The standard InChI is InChI=1S/C9H11NO.C2H6/c1-4-7-6-10(3)9(11)8(7)5-2;1-2/h4-5H,1-2,6H2,3H3;1-2H3. The Hall–Kier alpha value is -1.31. The molecular formula is C11H17NO. The molecule has 0 radical (unpaired) electrons. The van der Waals surface area contributed by atoms with Gasteiger partial charge < -0.3 is 4.90 Å². The lowest BCUT2D eigenvalue weighted by Gasteiger charge is -2.06. The molecule has 1 heterocycles. The lowest BCUT2D eigenvalue weighted by atomic mass is 10.1. The zero-order chi connectivity index (χ0) is 10.4. The highest BCUT2D eigenvalue weighted by Gasteiger charge is 2.22. The summed E-state index contributed by atoms with van der Waals surface area (Å²) in [6.45, 7) is 11.9. The molecule has 2 heteroatoms. The first-order valence-corrected chi connectivity index (χ1v) is 4.44. The Balaban J connectivity index is 0.000000671. The van der Waals surface area contributed by atoms with Crippen LogP contribution < -0.4 is 0 Å². The Bertz CT molecular complexity index is 251. The minimum Gasteiger partial charge on any atom is -0.337 e. The third-order valence-corrected chi connectivity index (χ3v) is 1.78. The Morgan fingerprint density at radius 3 is 2.15 bits per heavy atom. The molecule has 0 unspecified atom stereocenters. The molecule has 72 valence electrons. The first-order valence-electron chi connectivity index (χ1n) is 4.44. The lowest BCUT2D eigenvalue weighted by Crippen LogP contribution is -2.21. The third kappa shape index (κ3) is 2.31. The maximum atomic E-state index is 11.3. The maximum Gasteiger partial charge on any atom is 0.254 e. The minimum absolute atomic E-state index is 0.0369. The van der Waals surface area contributed by atoms with E-state index in [-0.39, 0.29) is 5.91 Å². The van der Waals surface area contributed by atoms with Crippen molar-refractivity contribution in [2.75, 3.05) is 13.6 Å². The quantitative estimate of drug-likeness (QED) is 0.636. The molecule has 0 saturated carbocycles. The van der Waals surface area contributed by atoms with Gasteiger partial charge in [0, 0.05) is 19.2 Å². The van der Waals surface area contributed by atoms with Gasteiger partial charge in [-0.15, -0.1) is 0 Å². The lowest BCUT2D eigenvalue weighted by molar-refractivity contribution is -0.124. The Labute approximate surface area is 80.2 Å². The highest BCUT2D eigenvalue weighted by atomic mass is 16.2. The molecule has 0 bridgehead atoms. The molecule has 0 aliphatic carbocycles. The molecule has 13 heavy (non-hydrogen) atoms. The number of amides is 1. The second-order valence-electron chi connectivity index (χ2n) is 2.51. The number of rotatable bonds is 2. The van der Waals surface area contributed by atoms with Crippen molar-refractivity contribution in [1.82, 2.24) is 4.90 Å². The first kappa shape index (κ1) is 11.7. The molecule has 0 aromatic rings. The summed E-state index contributed by atoms with van der Waals surface area (Å²) in [7, 11) is 1.77. The monoisotopic (exact) mass is 179 g/mol. The van der Waals surface area contributed by atoms with Crippen molar-refractivity contribution < 1.29 is 4.79 Å². The van der Waals surface area contributed by atoms with Crippen LogP contribution in [0.1, 0.15) is 13.8 Å². The van der Waals surface area contributed by atoms with Crippen LogP contribution in [0.25, 0.3) is 0 Å². The van der Waals surface area contributed by atoms with Gasteiger partial charge in [0.25, 0.3) is 5.91 Å². The van der Waals surface area contributed by atoms with Crippen molar-refractivity contribution in [3.8, 4) is 0 Å². The van der Waals surface area contributed by atoms with Gasteiger partial charge in [0.1, 0.15) is 0 Å². The molecule has 2 nitrogen and oxygen atoms in total. The van der Waals surface area contributed by atoms with Gasteiger partial charge in [0.15, 0.2) is 0 Å². The molecular weight excluding hydrogens is 162 g/mol. The Morgan fingerprint density at radius 1 is 1.31 bits per heavy atom. The van der Waals surface area contributed by atoms with E-state index in [1.165, 1.54) is 0 Å². The SMILES string of the molecule is C=CC1=C(C=C)C(=O)N(C)C1.CC. The van der Waals surface area contributed by atoms with Crippen LogP contribution in [0.5, 0.6) is 0 Å². The van der Waals surface area contributed by atoms with Gasteiger partial charge in [-0.1, -0.05) is 39.2 Å². The molecule has 0 N–H and O–H groups in total. The molecule has 1 amide bonds. The van der Waals surface area contributed by atoms with Crippen molar-refractivity contribution in [2.24, 2.45) is 0 Å². The second-order valence-corrected chi connectivity index (χ2v) is 2.51. The highest BCUT2D eigenvalue weighted by Crippen LogP contribution is 2.18. The summed E-state index contributed by atoms with van der Waals surface area (Å²) in [5, 5.41) is 0. The summed E-state index contributed by atoms with van der Waals surface area (Å²) >= 11 is 0. The highest BCUT2D eigenvalue weighted by molar-refractivity contribution is 6.00. The molecule has 0 aromatic heterocycles. The van der Waals surface area contributed by atoms with E-state index < -0.39 is 0 Å².